The lowest BCUT2D eigenvalue weighted by atomic mass is 9.71. The van der Waals surface area contributed by atoms with Crippen molar-refractivity contribution >= 4 is 11.3 Å². The Balaban J connectivity index is 2.24. The monoisotopic (exact) mass is 256 g/mol. The second-order valence-corrected chi connectivity index (χ2v) is 5.56. The van der Waals surface area contributed by atoms with Gasteiger partial charge in [0.05, 0.1) is 5.56 Å². The Morgan fingerprint density at radius 1 is 1.35 bits per heavy atom. The quantitative estimate of drug-likeness (QED) is 0.884. The van der Waals surface area contributed by atoms with E-state index >= 15 is 0 Å². The third-order valence-electron chi connectivity index (χ3n) is 3.58. The highest BCUT2D eigenvalue weighted by molar-refractivity contribution is 7.10. The third kappa shape index (κ3) is 2.33. The minimum absolute atomic E-state index is 0.107. The summed E-state index contributed by atoms with van der Waals surface area (Å²) in [7, 11) is 0. The first kappa shape index (κ1) is 12.5. The number of hydrogen-bond acceptors (Lipinski definition) is 3. The molecule has 92 valence electrons. The molecule has 0 spiro atoms. The van der Waals surface area contributed by atoms with E-state index in [9.17, 15) is 8.78 Å². The molecule has 1 aliphatic carbocycles. The lowest BCUT2D eigenvalue weighted by molar-refractivity contribution is -0.0504. The van der Waals surface area contributed by atoms with E-state index in [0.717, 1.165) is 4.88 Å². The molecule has 2 N–H and O–H groups in total. The lowest BCUT2D eigenvalue weighted by Gasteiger charge is -2.38. The molecule has 5 heteroatoms. The summed E-state index contributed by atoms with van der Waals surface area (Å²) in [5, 5.41) is 10.6. The topological polar surface area (TPSA) is 49.8 Å². The fraction of sp³-hybridized carbons (Fsp3) is 0.583. The standard InChI is InChI=1S/C12H14F2N2S/c13-12(14)3-1-11(8-16,2-4-12)10-5-9(6-15)7-17-10/h5,7H,1-4,8,16H2. The molecule has 2 rings (SSSR count). The minimum atomic E-state index is -2.55. The van der Waals surface area contributed by atoms with E-state index in [0.29, 0.717) is 24.9 Å². The average Bonchev–Trinajstić information content (AvgIpc) is 2.79. The fourth-order valence-corrected chi connectivity index (χ4v) is 3.43. The molecule has 0 saturated heterocycles. The van der Waals surface area contributed by atoms with Crippen molar-refractivity contribution in [1.82, 2.24) is 0 Å². The van der Waals surface area contributed by atoms with Crippen molar-refractivity contribution < 1.29 is 8.78 Å². The molecule has 1 heterocycles. The van der Waals surface area contributed by atoms with Crippen molar-refractivity contribution in [2.24, 2.45) is 5.73 Å². The zero-order chi connectivity index (χ0) is 12.5. The van der Waals surface area contributed by atoms with Crippen LogP contribution in [0.3, 0.4) is 0 Å². The van der Waals surface area contributed by atoms with Gasteiger partial charge < -0.3 is 5.73 Å². The van der Waals surface area contributed by atoms with Crippen LogP contribution in [0, 0.1) is 11.3 Å². The first-order chi connectivity index (χ1) is 8.01. The van der Waals surface area contributed by atoms with Crippen LogP contribution in [0.5, 0.6) is 0 Å². The van der Waals surface area contributed by atoms with Gasteiger partial charge in [0.15, 0.2) is 0 Å². The maximum atomic E-state index is 13.2. The van der Waals surface area contributed by atoms with E-state index in [4.69, 9.17) is 11.0 Å². The molecule has 0 radical (unpaired) electrons. The van der Waals surface area contributed by atoms with Crippen LogP contribution < -0.4 is 5.73 Å². The van der Waals surface area contributed by atoms with Gasteiger partial charge in [-0.2, -0.15) is 5.26 Å². The van der Waals surface area contributed by atoms with Crippen LogP contribution in [0.1, 0.15) is 36.1 Å². The zero-order valence-corrected chi connectivity index (χ0v) is 10.2. The molecule has 2 nitrogen and oxygen atoms in total. The van der Waals surface area contributed by atoms with Gasteiger partial charge in [0.1, 0.15) is 6.07 Å². The van der Waals surface area contributed by atoms with Crippen LogP contribution in [0.2, 0.25) is 0 Å². The molecular formula is C12H14F2N2S. The molecule has 17 heavy (non-hydrogen) atoms. The van der Waals surface area contributed by atoms with Gasteiger partial charge in [-0.05, 0) is 18.9 Å². The summed E-state index contributed by atoms with van der Waals surface area (Å²) in [6.07, 6.45) is 0.595. The molecule has 0 unspecified atom stereocenters. The molecule has 0 atom stereocenters. The number of rotatable bonds is 2. The Kier molecular flexibility index (Phi) is 3.19. The summed E-state index contributed by atoms with van der Waals surface area (Å²) in [6.45, 7) is 0.370. The predicted molar refractivity (Wildman–Crippen MR) is 63.2 cm³/mol. The minimum Gasteiger partial charge on any atom is -0.330 e. The van der Waals surface area contributed by atoms with E-state index in [1.807, 2.05) is 0 Å². The van der Waals surface area contributed by atoms with Crippen LogP contribution in [0.25, 0.3) is 0 Å². The Morgan fingerprint density at radius 2 is 2.00 bits per heavy atom. The fourth-order valence-electron chi connectivity index (χ4n) is 2.32. The number of alkyl halides is 2. The zero-order valence-electron chi connectivity index (χ0n) is 9.38. The largest absolute Gasteiger partial charge is 0.330 e. The molecule has 1 aromatic heterocycles. The third-order valence-corrected chi connectivity index (χ3v) is 4.76. The van der Waals surface area contributed by atoms with E-state index in [1.165, 1.54) is 11.3 Å². The molecule has 0 bridgehead atoms. The number of nitriles is 1. The maximum absolute atomic E-state index is 13.2. The highest BCUT2D eigenvalue weighted by Crippen LogP contribution is 2.46. The predicted octanol–water partition coefficient (Wildman–Crippen LogP) is 3.03. The number of nitrogens with two attached hydrogens (primary N) is 1. The molecule has 0 aliphatic heterocycles. The van der Waals surface area contributed by atoms with Gasteiger partial charge in [-0.1, -0.05) is 0 Å². The number of halogens is 2. The summed E-state index contributed by atoms with van der Waals surface area (Å²) < 4.78 is 26.4. The molecule has 0 aromatic carbocycles. The first-order valence-corrected chi connectivity index (χ1v) is 6.46. The Bertz CT molecular complexity index is 438. The number of hydrogen-bond donors (Lipinski definition) is 1. The van der Waals surface area contributed by atoms with Gasteiger partial charge in [-0.3, -0.25) is 0 Å². The van der Waals surface area contributed by atoms with E-state index in [1.54, 1.807) is 11.4 Å². The van der Waals surface area contributed by atoms with E-state index in [2.05, 4.69) is 6.07 Å². The van der Waals surface area contributed by atoms with Gasteiger partial charge in [-0.25, -0.2) is 8.78 Å². The second-order valence-electron chi connectivity index (χ2n) is 4.65. The Labute approximate surface area is 103 Å². The van der Waals surface area contributed by atoms with Crippen LogP contribution in [0.15, 0.2) is 11.4 Å². The molecular weight excluding hydrogens is 242 g/mol. The van der Waals surface area contributed by atoms with Crippen molar-refractivity contribution in [1.29, 1.82) is 5.26 Å². The molecule has 0 amide bonds. The van der Waals surface area contributed by atoms with E-state index < -0.39 is 5.92 Å². The van der Waals surface area contributed by atoms with Gasteiger partial charge in [0.2, 0.25) is 5.92 Å². The van der Waals surface area contributed by atoms with Crippen molar-refractivity contribution in [2.75, 3.05) is 6.54 Å². The summed E-state index contributed by atoms with van der Waals surface area (Å²) >= 11 is 1.46. The molecule has 1 aromatic rings. The normalized spacial score (nSPS) is 22.0. The summed E-state index contributed by atoms with van der Waals surface area (Å²) in [5.74, 6) is -2.55. The molecule has 1 saturated carbocycles. The molecule has 1 aliphatic rings. The van der Waals surface area contributed by atoms with Gasteiger partial charge in [0.25, 0.3) is 0 Å². The SMILES string of the molecule is N#Cc1csc(C2(CN)CCC(F)(F)CC2)c1. The highest BCUT2D eigenvalue weighted by Gasteiger charge is 2.44. The molecule has 1 fully saturated rings. The van der Waals surface area contributed by atoms with Crippen molar-refractivity contribution in [3.05, 3.63) is 21.9 Å². The summed E-state index contributed by atoms with van der Waals surface area (Å²) in [4.78, 5) is 0.979. The smallest absolute Gasteiger partial charge is 0.248 e. The number of thiophene rings is 1. The van der Waals surface area contributed by atoms with Crippen LogP contribution in [-0.2, 0) is 5.41 Å². The lowest BCUT2D eigenvalue weighted by Crippen LogP contribution is -2.41. The number of nitrogens with zero attached hydrogens (tertiary/aromatic N) is 1. The maximum Gasteiger partial charge on any atom is 0.248 e. The van der Waals surface area contributed by atoms with Crippen molar-refractivity contribution in [2.45, 2.75) is 37.0 Å². The Hall–Kier alpha value is -0.990. The first-order valence-electron chi connectivity index (χ1n) is 5.58. The summed E-state index contributed by atoms with van der Waals surface area (Å²) in [5.41, 5.74) is 6.04. The van der Waals surface area contributed by atoms with Gasteiger partial charge in [0, 0.05) is 35.1 Å². The van der Waals surface area contributed by atoms with Crippen LogP contribution in [-0.4, -0.2) is 12.5 Å². The van der Waals surface area contributed by atoms with E-state index in [-0.39, 0.29) is 18.3 Å². The van der Waals surface area contributed by atoms with Crippen molar-refractivity contribution in [3.8, 4) is 6.07 Å². The Morgan fingerprint density at radius 3 is 2.47 bits per heavy atom. The highest BCUT2D eigenvalue weighted by atomic mass is 32.1. The van der Waals surface area contributed by atoms with Crippen LogP contribution >= 0.6 is 11.3 Å². The van der Waals surface area contributed by atoms with Crippen molar-refractivity contribution in [3.63, 3.8) is 0 Å². The average molecular weight is 256 g/mol. The second kappa shape index (κ2) is 4.35. The van der Waals surface area contributed by atoms with Gasteiger partial charge in [-0.15, -0.1) is 11.3 Å². The van der Waals surface area contributed by atoms with Crippen LogP contribution in [0.4, 0.5) is 8.78 Å². The van der Waals surface area contributed by atoms with Gasteiger partial charge >= 0.3 is 0 Å². The summed E-state index contributed by atoms with van der Waals surface area (Å²) in [6, 6.07) is 3.86.